The summed E-state index contributed by atoms with van der Waals surface area (Å²) < 4.78 is 16.1. The molecule has 7 nitrogen and oxygen atoms in total. The summed E-state index contributed by atoms with van der Waals surface area (Å²) in [6, 6.07) is 0. The average molecular weight is 394 g/mol. The highest BCUT2D eigenvalue weighted by Crippen LogP contribution is 2.64. The summed E-state index contributed by atoms with van der Waals surface area (Å²) in [5.41, 5.74) is 0. The molecule has 2 atom stereocenters. The average Bonchev–Trinajstić information content (AvgIpc) is 2.99. The van der Waals surface area contributed by atoms with Crippen molar-refractivity contribution in [2.75, 3.05) is 6.61 Å². The van der Waals surface area contributed by atoms with Gasteiger partial charge in [-0.25, -0.2) is 4.79 Å². The van der Waals surface area contributed by atoms with Crippen LogP contribution in [-0.2, 0) is 28.8 Å². The third kappa shape index (κ3) is 3.15. The van der Waals surface area contributed by atoms with Gasteiger partial charge in [0.1, 0.15) is 0 Å². The summed E-state index contributed by atoms with van der Waals surface area (Å²) in [5, 5.41) is 0. The first-order valence-corrected chi connectivity index (χ1v) is 10.9. The van der Waals surface area contributed by atoms with E-state index in [1.165, 1.54) is 32.1 Å². The molecule has 0 aromatic rings. The molecule has 5 aliphatic carbocycles. The first kappa shape index (κ1) is 18.8. The number of carbonyl (C=O) groups excluding carboxylic acids is 2. The summed E-state index contributed by atoms with van der Waals surface area (Å²) in [6.45, 7) is 1.86. The molecule has 0 N–H and O–H groups in total. The third-order valence-corrected chi connectivity index (χ3v) is 7.63. The van der Waals surface area contributed by atoms with Crippen LogP contribution in [0.15, 0.2) is 0 Å². The Kier molecular flexibility index (Phi) is 4.68. The van der Waals surface area contributed by atoms with E-state index in [1.807, 2.05) is 0 Å². The van der Waals surface area contributed by atoms with Crippen LogP contribution < -0.4 is 0 Å². The van der Waals surface area contributed by atoms with Crippen molar-refractivity contribution < 1.29 is 33.6 Å². The lowest BCUT2D eigenvalue weighted by Crippen LogP contribution is -2.59. The summed E-state index contributed by atoms with van der Waals surface area (Å²) >= 11 is 0. The molecular formula is C21H30O7. The monoisotopic (exact) mass is 394 g/mol. The molecular weight excluding hydrogens is 364 g/mol. The Balaban J connectivity index is 1.23. The van der Waals surface area contributed by atoms with E-state index >= 15 is 0 Å². The number of carbonyl (C=O) groups is 2. The maximum absolute atomic E-state index is 12.1. The molecule has 0 amide bonds. The first-order valence-electron chi connectivity index (χ1n) is 10.9. The van der Waals surface area contributed by atoms with E-state index < -0.39 is 23.7 Å². The van der Waals surface area contributed by atoms with Crippen molar-refractivity contribution in [1.29, 1.82) is 0 Å². The second kappa shape index (κ2) is 6.96. The summed E-state index contributed by atoms with van der Waals surface area (Å²) in [6.07, 6.45) is 8.50. The van der Waals surface area contributed by atoms with Crippen LogP contribution >= 0.6 is 0 Å². The van der Waals surface area contributed by atoms with Gasteiger partial charge < -0.3 is 14.2 Å². The van der Waals surface area contributed by atoms with Gasteiger partial charge in [0.05, 0.1) is 6.61 Å². The highest BCUT2D eigenvalue weighted by Gasteiger charge is 2.67. The number of hydrogen-bond donors (Lipinski definition) is 0. The molecule has 28 heavy (non-hydrogen) atoms. The maximum atomic E-state index is 12.1. The minimum absolute atomic E-state index is 0.0475. The lowest BCUT2D eigenvalue weighted by Gasteiger charge is -2.57. The van der Waals surface area contributed by atoms with Crippen molar-refractivity contribution in [1.82, 2.24) is 0 Å². The van der Waals surface area contributed by atoms with Crippen molar-refractivity contribution >= 4 is 12.1 Å². The lowest BCUT2D eigenvalue weighted by molar-refractivity contribution is -0.390. The molecule has 6 fully saturated rings. The zero-order chi connectivity index (χ0) is 19.4. The fourth-order valence-corrected chi connectivity index (χ4v) is 6.77. The molecule has 1 heterocycles. The van der Waals surface area contributed by atoms with Crippen LogP contribution in [0.4, 0.5) is 4.79 Å². The van der Waals surface area contributed by atoms with Crippen molar-refractivity contribution in [3.05, 3.63) is 0 Å². The Morgan fingerprint density at radius 1 is 1.04 bits per heavy atom. The van der Waals surface area contributed by atoms with Gasteiger partial charge >= 0.3 is 12.1 Å². The van der Waals surface area contributed by atoms with E-state index in [9.17, 15) is 9.59 Å². The van der Waals surface area contributed by atoms with Crippen LogP contribution in [0, 0.1) is 29.6 Å². The maximum Gasteiger partial charge on any atom is 0.516 e. The van der Waals surface area contributed by atoms with E-state index in [1.54, 1.807) is 6.92 Å². The second-order valence-corrected chi connectivity index (χ2v) is 9.53. The Bertz CT molecular complexity index is 619. The fourth-order valence-electron chi connectivity index (χ4n) is 6.77. The van der Waals surface area contributed by atoms with E-state index in [0.29, 0.717) is 18.3 Å². The molecule has 1 saturated heterocycles. The molecule has 156 valence electrons. The van der Waals surface area contributed by atoms with Crippen LogP contribution in [0.1, 0.15) is 71.1 Å². The van der Waals surface area contributed by atoms with Crippen LogP contribution in [0.2, 0.25) is 0 Å². The van der Waals surface area contributed by atoms with Crippen LogP contribution in [0.5, 0.6) is 0 Å². The lowest BCUT2D eigenvalue weighted by atomic mass is 9.53. The zero-order valence-corrected chi connectivity index (χ0v) is 16.5. The predicted octanol–water partition coefficient (Wildman–Crippen LogP) is 4.09. The summed E-state index contributed by atoms with van der Waals surface area (Å²) in [5.74, 6) is 0.662. The van der Waals surface area contributed by atoms with E-state index in [-0.39, 0.29) is 18.9 Å². The Labute approximate surface area is 165 Å². The van der Waals surface area contributed by atoms with Gasteiger partial charge in [0.15, 0.2) is 0 Å². The van der Waals surface area contributed by atoms with Crippen LogP contribution in [0.25, 0.3) is 0 Å². The number of rotatable bonds is 3. The van der Waals surface area contributed by atoms with Crippen molar-refractivity contribution in [3.63, 3.8) is 0 Å². The summed E-state index contributed by atoms with van der Waals surface area (Å²) in [4.78, 5) is 35.4. The predicted molar refractivity (Wildman–Crippen MR) is 95.5 cm³/mol. The molecule has 6 aliphatic rings. The van der Waals surface area contributed by atoms with E-state index in [0.717, 1.165) is 31.1 Å². The molecule has 1 aliphatic heterocycles. The Morgan fingerprint density at radius 2 is 1.75 bits per heavy atom. The minimum atomic E-state index is -0.928. The Hall–Kier alpha value is -1.18. The molecule has 7 heteroatoms. The zero-order valence-electron chi connectivity index (χ0n) is 16.5. The molecule has 0 aromatic heterocycles. The first-order chi connectivity index (χ1) is 13.5. The largest absolute Gasteiger partial charge is 0.516 e. The standard InChI is InChI=1S/C21H30O7/c1-2-24-19(23)25-18(22)11-13-4-3-5-20(12-13)26-21(28-27-20)16-7-14-6-15(9-16)10-17(21)8-14/h13-17H,2-12H2,1H3/t13-,14?,15?,16?,17?,20+,21?/m0/s1. The highest BCUT2D eigenvalue weighted by molar-refractivity contribution is 5.81. The van der Waals surface area contributed by atoms with Gasteiger partial charge in [0.2, 0.25) is 11.6 Å². The van der Waals surface area contributed by atoms with Gasteiger partial charge in [-0.15, -0.1) is 0 Å². The second-order valence-electron chi connectivity index (χ2n) is 9.53. The molecule has 0 radical (unpaired) electrons. The summed E-state index contributed by atoms with van der Waals surface area (Å²) in [7, 11) is 0. The quantitative estimate of drug-likeness (QED) is 0.405. The molecule has 0 unspecified atom stereocenters. The third-order valence-electron chi connectivity index (χ3n) is 7.63. The number of esters is 1. The van der Waals surface area contributed by atoms with Crippen molar-refractivity contribution in [2.24, 2.45) is 29.6 Å². The highest BCUT2D eigenvalue weighted by atomic mass is 17.3. The van der Waals surface area contributed by atoms with Gasteiger partial charge in [0, 0.05) is 31.1 Å². The van der Waals surface area contributed by atoms with Gasteiger partial charge in [0.25, 0.3) is 0 Å². The van der Waals surface area contributed by atoms with Gasteiger partial charge in [-0.1, -0.05) is 0 Å². The molecule has 5 saturated carbocycles. The van der Waals surface area contributed by atoms with Gasteiger partial charge in [-0.2, -0.15) is 9.78 Å². The van der Waals surface area contributed by atoms with E-state index in [4.69, 9.17) is 19.2 Å². The molecule has 0 aromatic carbocycles. The molecule has 4 bridgehead atoms. The van der Waals surface area contributed by atoms with Crippen molar-refractivity contribution in [3.8, 4) is 0 Å². The van der Waals surface area contributed by atoms with Crippen molar-refractivity contribution in [2.45, 2.75) is 82.7 Å². The van der Waals surface area contributed by atoms with Crippen LogP contribution in [0.3, 0.4) is 0 Å². The smallest absolute Gasteiger partial charge is 0.434 e. The normalized spacial score (nSPS) is 46.2. The number of ether oxygens (including phenoxy) is 3. The fraction of sp³-hybridized carbons (Fsp3) is 0.905. The number of hydrogen-bond acceptors (Lipinski definition) is 7. The van der Waals surface area contributed by atoms with Crippen LogP contribution in [-0.4, -0.2) is 30.3 Å². The minimum Gasteiger partial charge on any atom is -0.434 e. The topological polar surface area (TPSA) is 80.3 Å². The molecule has 2 spiro atoms. The van der Waals surface area contributed by atoms with Gasteiger partial charge in [-0.05, 0) is 69.6 Å². The molecule has 6 rings (SSSR count). The van der Waals surface area contributed by atoms with E-state index in [2.05, 4.69) is 4.74 Å². The Morgan fingerprint density at radius 3 is 2.43 bits per heavy atom. The SMILES string of the molecule is CCOC(=O)OC(=O)C[C@@H]1CCC[C@]2(C1)OOC1(O2)C2CC3CC(C2)CC1C3. The van der Waals surface area contributed by atoms with Gasteiger partial charge in [-0.3, -0.25) is 4.79 Å².